The van der Waals surface area contributed by atoms with Crippen LogP contribution in [0, 0.1) is 6.92 Å². The summed E-state index contributed by atoms with van der Waals surface area (Å²) < 4.78 is 0. The van der Waals surface area contributed by atoms with Gasteiger partial charge in [-0.3, -0.25) is 14.6 Å². The first-order chi connectivity index (χ1) is 13.6. The van der Waals surface area contributed by atoms with Gasteiger partial charge in [0.15, 0.2) is 0 Å². The molecule has 0 saturated carbocycles. The molecule has 1 N–H and O–H groups in total. The Bertz CT molecular complexity index is 1050. The highest BCUT2D eigenvalue weighted by atomic mass is 16.2. The van der Waals surface area contributed by atoms with Crippen molar-refractivity contribution in [2.45, 2.75) is 19.9 Å². The predicted molar refractivity (Wildman–Crippen MR) is 108 cm³/mol. The molecule has 0 unspecified atom stereocenters. The number of aryl methyl sites for hydroxylation is 1. The number of benzene rings is 2. The first-order valence-electron chi connectivity index (χ1n) is 9.32. The average molecular weight is 371 g/mol. The Labute approximate surface area is 164 Å². The van der Waals surface area contributed by atoms with Crippen LogP contribution in [0.5, 0.6) is 0 Å². The molecule has 1 aliphatic rings. The van der Waals surface area contributed by atoms with Gasteiger partial charge in [0.1, 0.15) is 5.69 Å². The van der Waals surface area contributed by atoms with Gasteiger partial charge in [0, 0.05) is 30.5 Å². The van der Waals surface area contributed by atoms with Crippen molar-refractivity contribution in [1.29, 1.82) is 0 Å². The molecule has 0 saturated heterocycles. The second-order valence-corrected chi connectivity index (χ2v) is 6.87. The van der Waals surface area contributed by atoms with E-state index in [1.54, 1.807) is 17.0 Å². The van der Waals surface area contributed by atoms with Gasteiger partial charge in [-0.25, -0.2) is 0 Å². The molecule has 0 atom stereocenters. The zero-order valence-corrected chi connectivity index (χ0v) is 15.7. The molecular formula is C23H21N3O2. The molecular weight excluding hydrogens is 350 g/mol. The zero-order chi connectivity index (χ0) is 19.5. The first-order valence-corrected chi connectivity index (χ1v) is 9.32. The lowest BCUT2D eigenvalue weighted by Crippen LogP contribution is -2.30. The number of hydrogen-bond donors (Lipinski definition) is 1. The molecule has 0 bridgehead atoms. The van der Waals surface area contributed by atoms with Crippen molar-refractivity contribution < 1.29 is 9.59 Å². The maximum Gasteiger partial charge on any atom is 0.270 e. The van der Waals surface area contributed by atoms with Gasteiger partial charge in [-0.05, 0) is 48.2 Å². The summed E-state index contributed by atoms with van der Waals surface area (Å²) in [6, 6.07) is 19.0. The largest absolute Gasteiger partial charge is 0.347 e. The molecule has 2 heterocycles. The molecule has 28 heavy (non-hydrogen) atoms. The highest BCUT2D eigenvalue weighted by Crippen LogP contribution is 2.28. The number of pyridine rings is 1. The van der Waals surface area contributed by atoms with E-state index in [1.807, 2.05) is 55.5 Å². The molecule has 140 valence electrons. The third-order valence-corrected chi connectivity index (χ3v) is 5.07. The minimum Gasteiger partial charge on any atom is -0.347 e. The average Bonchev–Trinajstić information content (AvgIpc) is 3.16. The fourth-order valence-electron chi connectivity index (χ4n) is 3.47. The summed E-state index contributed by atoms with van der Waals surface area (Å²) in [7, 11) is 0. The van der Waals surface area contributed by atoms with E-state index in [0.717, 1.165) is 23.2 Å². The zero-order valence-electron chi connectivity index (χ0n) is 15.7. The fraction of sp³-hybridized carbons (Fsp3) is 0.174. The number of anilines is 1. The second-order valence-electron chi connectivity index (χ2n) is 6.87. The maximum absolute atomic E-state index is 13.0. The molecule has 2 aromatic carbocycles. The number of hydrogen-bond acceptors (Lipinski definition) is 3. The number of aromatic nitrogens is 1. The van der Waals surface area contributed by atoms with Crippen molar-refractivity contribution in [1.82, 2.24) is 10.3 Å². The normalized spacial score (nSPS) is 12.5. The SMILES string of the molecule is Cc1ccccc1CNC(=O)c1cc(C(=O)N2CCc3ccccc32)ccn1. The molecule has 0 radical (unpaired) electrons. The molecule has 0 aliphatic carbocycles. The van der Waals surface area contributed by atoms with Crippen molar-refractivity contribution in [2.24, 2.45) is 0 Å². The number of carbonyl (C=O) groups is 2. The third-order valence-electron chi connectivity index (χ3n) is 5.07. The molecule has 1 aliphatic heterocycles. The third kappa shape index (κ3) is 3.51. The topological polar surface area (TPSA) is 62.3 Å². The Hall–Kier alpha value is -3.47. The lowest BCUT2D eigenvalue weighted by atomic mass is 10.1. The molecule has 2 amide bonds. The van der Waals surface area contributed by atoms with E-state index in [9.17, 15) is 9.59 Å². The van der Waals surface area contributed by atoms with E-state index in [1.165, 1.54) is 11.8 Å². The number of para-hydroxylation sites is 1. The molecule has 5 heteroatoms. The van der Waals surface area contributed by atoms with E-state index in [2.05, 4.69) is 10.3 Å². The monoisotopic (exact) mass is 371 g/mol. The van der Waals surface area contributed by atoms with Crippen LogP contribution in [0.25, 0.3) is 0 Å². The van der Waals surface area contributed by atoms with Gasteiger partial charge in [0.2, 0.25) is 0 Å². The Morgan fingerprint density at radius 3 is 2.71 bits per heavy atom. The molecule has 5 nitrogen and oxygen atoms in total. The van der Waals surface area contributed by atoms with Crippen LogP contribution in [0.15, 0.2) is 66.9 Å². The minimum absolute atomic E-state index is 0.111. The van der Waals surface area contributed by atoms with E-state index in [-0.39, 0.29) is 17.5 Å². The quantitative estimate of drug-likeness (QED) is 0.763. The number of rotatable bonds is 4. The molecule has 4 rings (SSSR count). The molecule has 0 spiro atoms. The summed E-state index contributed by atoms with van der Waals surface area (Å²) >= 11 is 0. The van der Waals surface area contributed by atoms with Crippen molar-refractivity contribution in [2.75, 3.05) is 11.4 Å². The smallest absolute Gasteiger partial charge is 0.270 e. The first kappa shape index (κ1) is 17.9. The van der Waals surface area contributed by atoms with Crippen LogP contribution in [0.4, 0.5) is 5.69 Å². The van der Waals surface area contributed by atoms with Crippen molar-refractivity contribution >= 4 is 17.5 Å². The van der Waals surface area contributed by atoms with Gasteiger partial charge in [-0.15, -0.1) is 0 Å². The number of amides is 2. The maximum atomic E-state index is 13.0. The molecule has 1 aromatic heterocycles. The van der Waals surface area contributed by atoms with Crippen molar-refractivity contribution in [3.05, 3.63) is 94.8 Å². The van der Waals surface area contributed by atoms with Crippen LogP contribution in [-0.4, -0.2) is 23.3 Å². The van der Waals surface area contributed by atoms with Crippen LogP contribution in [0.3, 0.4) is 0 Å². The Kier molecular flexibility index (Phi) is 4.89. The van der Waals surface area contributed by atoms with Crippen molar-refractivity contribution in [3.8, 4) is 0 Å². The van der Waals surface area contributed by atoms with Crippen molar-refractivity contribution in [3.63, 3.8) is 0 Å². The lowest BCUT2D eigenvalue weighted by Gasteiger charge is -2.17. The van der Waals surface area contributed by atoms with Crippen LogP contribution >= 0.6 is 0 Å². The molecule has 3 aromatic rings. The summed E-state index contributed by atoms with van der Waals surface area (Å²) in [5.41, 5.74) is 4.99. The van der Waals surface area contributed by atoms with Crippen LogP contribution in [0.2, 0.25) is 0 Å². The number of nitrogens with one attached hydrogen (secondary N) is 1. The molecule has 0 fully saturated rings. The predicted octanol–water partition coefficient (Wildman–Crippen LogP) is 3.52. The van der Waals surface area contributed by atoms with E-state index >= 15 is 0 Å². The standard InChI is InChI=1S/C23H21N3O2/c1-16-6-2-3-8-19(16)15-25-22(27)20-14-18(10-12-24-20)23(28)26-13-11-17-7-4-5-9-21(17)26/h2-10,12,14H,11,13,15H2,1H3,(H,25,27). The summed E-state index contributed by atoms with van der Waals surface area (Å²) in [4.78, 5) is 31.4. The second kappa shape index (κ2) is 7.64. The van der Waals surface area contributed by atoms with E-state index < -0.39 is 0 Å². The summed E-state index contributed by atoms with van der Waals surface area (Å²) in [5, 5.41) is 2.88. The van der Waals surface area contributed by atoms with Crippen LogP contribution in [-0.2, 0) is 13.0 Å². The van der Waals surface area contributed by atoms with E-state index in [0.29, 0.717) is 18.7 Å². The van der Waals surface area contributed by atoms with Gasteiger partial charge in [-0.1, -0.05) is 42.5 Å². The Balaban J connectivity index is 1.49. The van der Waals surface area contributed by atoms with Gasteiger partial charge in [-0.2, -0.15) is 0 Å². The van der Waals surface area contributed by atoms with Crippen LogP contribution < -0.4 is 10.2 Å². The fourth-order valence-corrected chi connectivity index (χ4v) is 3.47. The van der Waals surface area contributed by atoms with Crippen LogP contribution in [0.1, 0.15) is 37.5 Å². The van der Waals surface area contributed by atoms with Gasteiger partial charge in [0.05, 0.1) is 0 Å². The number of carbonyl (C=O) groups excluding carboxylic acids is 2. The lowest BCUT2D eigenvalue weighted by molar-refractivity contribution is 0.0946. The summed E-state index contributed by atoms with van der Waals surface area (Å²) in [5.74, 6) is -0.403. The van der Waals surface area contributed by atoms with E-state index in [4.69, 9.17) is 0 Å². The number of fused-ring (bicyclic) bond motifs is 1. The minimum atomic E-state index is -0.292. The van der Waals surface area contributed by atoms with Gasteiger partial charge >= 0.3 is 0 Å². The Morgan fingerprint density at radius 1 is 1.07 bits per heavy atom. The highest BCUT2D eigenvalue weighted by Gasteiger charge is 2.25. The highest BCUT2D eigenvalue weighted by molar-refractivity contribution is 6.08. The summed E-state index contributed by atoms with van der Waals surface area (Å²) in [6.07, 6.45) is 2.36. The van der Waals surface area contributed by atoms with Gasteiger partial charge in [0.25, 0.3) is 11.8 Å². The number of nitrogens with zero attached hydrogens (tertiary/aromatic N) is 2. The summed E-state index contributed by atoms with van der Waals surface area (Å²) in [6.45, 7) is 3.08. The van der Waals surface area contributed by atoms with Gasteiger partial charge < -0.3 is 10.2 Å². The Morgan fingerprint density at radius 2 is 1.86 bits per heavy atom.